The second-order valence-electron chi connectivity index (χ2n) is 10.2. The van der Waals surface area contributed by atoms with Gasteiger partial charge in [0, 0.05) is 0 Å². The Bertz CT molecular complexity index is 1590. The van der Waals surface area contributed by atoms with Crippen LogP contribution >= 0.6 is 0 Å². The van der Waals surface area contributed by atoms with E-state index in [-0.39, 0.29) is 5.97 Å². The Morgan fingerprint density at radius 2 is 0.976 bits per heavy atom. The maximum absolute atomic E-state index is 12.4. The molecular formula is C36H38O6. The summed E-state index contributed by atoms with van der Waals surface area (Å²) in [6.45, 7) is 9.18. The van der Waals surface area contributed by atoms with Crippen LogP contribution in [0.1, 0.15) is 58.5 Å². The van der Waals surface area contributed by atoms with E-state index in [9.17, 15) is 9.59 Å². The number of carbonyl (C=O) groups is 2. The Morgan fingerprint density at radius 1 is 0.524 bits per heavy atom. The van der Waals surface area contributed by atoms with Gasteiger partial charge in [0.2, 0.25) is 0 Å². The number of benzene rings is 4. The second-order valence-corrected chi connectivity index (χ2v) is 10.2. The summed E-state index contributed by atoms with van der Waals surface area (Å²) in [6.07, 6.45) is 1.73. The minimum Gasteiger partial charge on any atom is -0.493 e. The Morgan fingerprint density at radius 3 is 1.50 bits per heavy atom. The highest BCUT2D eigenvalue weighted by molar-refractivity contribution is 5.94. The molecule has 0 unspecified atom stereocenters. The lowest BCUT2D eigenvalue weighted by Crippen LogP contribution is -2.06. The van der Waals surface area contributed by atoms with Crippen molar-refractivity contribution < 1.29 is 28.5 Å². The quantitative estimate of drug-likeness (QED) is 0.170. The Hall–Kier alpha value is -4.58. The molecule has 0 saturated heterocycles. The van der Waals surface area contributed by atoms with Gasteiger partial charge in [-0.3, -0.25) is 0 Å². The topological polar surface area (TPSA) is 71.1 Å². The number of hydrogen-bond acceptors (Lipinski definition) is 6. The fourth-order valence-electron chi connectivity index (χ4n) is 4.77. The monoisotopic (exact) mass is 566 g/mol. The van der Waals surface area contributed by atoms with E-state index in [1.54, 1.807) is 12.1 Å². The maximum Gasteiger partial charge on any atom is 0.341 e. The zero-order chi connectivity index (χ0) is 30.2. The van der Waals surface area contributed by atoms with Crippen molar-refractivity contribution >= 4 is 11.9 Å². The Kier molecular flexibility index (Phi) is 10.0. The largest absolute Gasteiger partial charge is 0.493 e. The average Bonchev–Trinajstić information content (AvgIpc) is 3.02. The van der Waals surface area contributed by atoms with E-state index in [4.69, 9.17) is 18.9 Å². The highest BCUT2D eigenvalue weighted by atomic mass is 16.5. The van der Waals surface area contributed by atoms with Crippen molar-refractivity contribution in [1.29, 1.82) is 0 Å². The van der Waals surface area contributed by atoms with Crippen molar-refractivity contribution in [2.75, 3.05) is 27.4 Å². The van der Waals surface area contributed by atoms with Crippen LogP contribution in [0, 0.1) is 13.8 Å². The lowest BCUT2D eigenvalue weighted by molar-refractivity contribution is 0.0588. The first-order chi connectivity index (χ1) is 20.3. The van der Waals surface area contributed by atoms with Gasteiger partial charge in [-0.25, -0.2) is 9.59 Å². The number of hydrogen-bond donors (Lipinski definition) is 0. The van der Waals surface area contributed by atoms with Crippen LogP contribution in [0.3, 0.4) is 0 Å². The van der Waals surface area contributed by atoms with Gasteiger partial charge in [-0.2, -0.15) is 0 Å². The Labute approximate surface area is 248 Å². The van der Waals surface area contributed by atoms with Gasteiger partial charge in [0.25, 0.3) is 0 Å². The molecule has 0 N–H and O–H groups in total. The highest BCUT2D eigenvalue weighted by Crippen LogP contribution is 2.37. The zero-order valence-corrected chi connectivity index (χ0v) is 25.2. The van der Waals surface area contributed by atoms with Crippen LogP contribution in [0.4, 0.5) is 0 Å². The summed E-state index contributed by atoms with van der Waals surface area (Å²) < 4.78 is 21.9. The van der Waals surface area contributed by atoms with Crippen LogP contribution < -0.4 is 9.47 Å². The number of esters is 2. The summed E-state index contributed by atoms with van der Waals surface area (Å²) in [5, 5.41) is 0. The summed E-state index contributed by atoms with van der Waals surface area (Å²) in [4.78, 5) is 24.7. The molecule has 0 aliphatic carbocycles. The third-order valence-electron chi connectivity index (χ3n) is 7.06. The number of ether oxygens (including phenoxy) is 4. The van der Waals surface area contributed by atoms with Gasteiger partial charge in [-0.15, -0.1) is 0 Å². The predicted molar refractivity (Wildman–Crippen MR) is 166 cm³/mol. The highest BCUT2D eigenvalue weighted by Gasteiger charge is 2.17. The zero-order valence-electron chi connectivity index (χ0n) is 25.2. The molecule has 0 saturated carbocycles. The van der Waals surface area contributed by atoms with Crippen LogP contribution in [0.2, 0.25) is 0 Å². The third-order valence-corrected chi connectivity index (χ3v) is 7.06. The molecule has 0 bridgehead atoms. The van der Waals surface area contributed by atoms with Crippen LogP contribution in [-0.4, -0.2) is 39.4 Å². The standard InChI is InChI=1S/C36H38O6/c1-7-15-41-33-21-26(10-9-23(33)3)29-18-28(25-11-13-31(24(4)17-25)35(37)39-5)19-30(20-29)27-12-14-32(36(38)40-6)34(22-27)42-16-8-2/h9-14,17-22H,7-8,15-16H2,1-6H3. The van der Waals surface area contributed by atoms with E-state index in [1.165, 1.54) is 14.2 Å². The van der Waals surface area contributed by atoms with Gasteiger partial charge in [-0.05, 0) is 114 Å². The van der Waals surface area contributed by atoms with Crippen molar-refractivity contribution in [2.45, 2.75) is 40.5 Å². The maximum atomic E-state index is 12.4. The first kappa shape index (κ1) is 30.4. The average molecular weight is 567 g/mol. The minimum atomic E-state index is -0.442. The Balaban J connectivity index is 1.90. The molecule has 0 atom stereocenters. The summed E-state index contributed by atoms with van der Waals surface area (Å²) >= 11 is 0. The van der Waals surface area contributed by atoms with E-state index in [2.05, 4.69) is 43.3 Å². The molecule has 4 aromatic carbocycles. The van der Waals surface area contributed by atoms with Gasteiger partial charge < -0.3 is 18.9 Å². The fraction of sp³-hybridized carbons (Fsp3) is 0.278. The minimum absolute atomic E-state index is 0.363. The normalized spacial score (nSPS) is 10.7. The van der Waals surface area contributed by atoms with Gasteiger partial charge in [0.15, 0.2) is 0 Å². The molecule has 0 aliphatic rings. The van der Waals surface area contributed by atoms with E-state index in [0.717, 1.165) is 63.1 Å². The third kappa shape index (κ3) is 6.82. The van der Waals surface area contributed by atoms with Crippen LogP contribution in [0.5, 0.6) is 11.5 Å². The lowest BCUT2D eigenvalue weighted by Gasteiger charge is -2.16. The first-order valence-electron chi connectivity index (χ1n) is 14.2. The van der Waals surface area contributed by atoms with E-state index < -0.39 is 5.97 Å². The summed E-state index contributed by atoms with van der Waals surface area (Å²) in [7, 11) is 2.75. The van der Waals surface area contributed by atoms with Gasteiger partial charge in [0.1, 0.15) is 17.1 Å². The number of rotatable bonds is 11. The molecule has 0 spiro atoms. The van der Waals surface area contributed by atoms with E-state index in [1.807, 2.05) is 45.0 Å². The number of carbonyl (C=O) groups excluding carboxylic acids is 2. The molecule has 218 valence electrons. The van der Waals surface area contributed by atoms with Crippen LogP contribution in [0.15, 0.2) is 72.8 Å². The molecule has 0 fully saturated rings. The van der Waals surface area contributed by atoms with Gasteiger partial charge in [0.05, 0.1) is 33.0 Å². The molecule has 4 rings (SSSR count). The van der Waals surface area contributed by atoms with Crippen LogP contribution in [-0.2, 0) is 9.47 Å². The van der Waals surface area contributed by atoms with Gasteiger partial charge in [-0.1, -0.05) is 44.2 Å². The molecule has 0 aromatic heterocycles. The van der Waals surface area contributed by atoms with Crippen molar-refractivity contribution in [1.82, 2.24) is 0 Å². The summed E-state index contributed by atoms with van der Waals surface area (Å²) in [6, 6.07) is 23.9. The molecule has 0 radical (unpaired) electrons. The van der Waals surface area contributed by atoms with Crippen LogP contribution in [0.25, 0.3) is 33.4 Å². The molecule has 6 nitrogen and oxygen atoms in total. The number of aryl methyl sites for hydroxylation is 2. The van der Waals surface area contributed by atoms with Crippen molar-refractivity contribution in [3.8, 4) is 44.9 Å². The molecule has 4 aromatic rings. The van der Waals surface area contributed by atoms with Crippen molar-refractivity contribution in [2.24, 2.45) is 0 Å². The molecule has 6 heteroatoms. The fourth-order valence-corrected chi connectivity index (χ4v) is 4.77. The first-order valence-corrected chi connectivity index (χ1v) is 14.2. The smallest absolute Gasteiger partial charge is 0.341 e. The summed E-state index contributed by atoms with van der Waals surface area (Å²) in [5.41, 5.74) is 8.64. The van der Waals surface area contributed by atoms with E-state index >= 15 is 0 Å². The molecule has 0 amide bonds. The van der Waals surface area contributed by atoms with Crippen molar-refractivity contribution in [3.63, 3.8) is 0 Å². The summed E-state index contributed by atoms with van der Waals surface area (Å²) in [5.74, 6) is 0.537. The van der Waals surface area contributed by atoms with Gasteiger partial charge >= 0.3 is 11.9 Å². The molecule has 0 heterocycles. The van der Waals surface area contributed by atoms with E-state index in [0.29, 0.717) is 30.1 Å². The SMILES string of the molecule is CCCOc1cc(-c2cc(-c3ccc(C(=O)OC)c(C)c3)cc(-c3ccc(C(=O)OC)c(OCCC)c3)c2)ccc1C. The molecule has 42 heavy (non-hydrogen) atoms. The lowest BCUT2D eigenvalue weighted by atomic mass is 9.91. The predicted octanol–water partition coefficient (Wildman–Crippen LogP) is 8.46. The molecule has 0 aliphatic heterocycles. The number of methoxy groups -OCH3 is 2. The second kappa shape index (κ2) is 13.9. The molecular weight excluding hydrogens is 528 g/mol. The van der Waals surface area contributed by atoms with Crippen molar-refractivity contribution in [3.05, 3.63) is 95.1 Å².